The minimum Gasteiger partial charge on any atom is -0.299 e. The molecule has 0 amide bonds. The monoisotopic (exact) mass is 204 g/mol. The van der Waals surface area contributed by atoms with E-state index in [1.807, 2.05) is 18.2 Å². The highest BCUT2D eigenvalue weighted by Gasteiger charge is 2.45. The van der Waals surface area contributed by atoms with Crippen LogP contribution in [-0.4, -0.2) is 5.78 Å². The largest absolute Gasteiger partial charge is 0.299 e. The van der Waals surface area contributed by atoms with Crippen molar-refractivity contribution in [2.75, 3.05) is 0 Å². The predicted molar refractivity (Wildman–Crippen MR) is 64.6 cm³/mol. The molecule has 0 aromatic carbocycles. The lowest BCUT2D eigenvalue weighted by atomic mass is 9.71. The van der Waals surface area contributed by atoms with Gasteiger partial charge in [0, 0.05) is 12.3 Å². The van der Waals surface area contributed by atoms with Crippen molar-refractivity contribution in [2.24, 2.45) is 11.3 Å². The van der Waals surface area contributed by atoms with Crippen LogP contribution in [0.5, 0.6) is 0 Å². The van der Waals surface area contributed by atoms with Crippen molar-refractivity contribution in [1.29, 1.82) is 0 Å². The zero-order valence-corrected chi connectivity index (χ0v) is 9.37. The fraction of sp³-hybridized carbons (Fsp3) is 0.500. The number of ketones is 1. The third-order valence-corrected chi connectivity index (χ3v) is 3.50. The maximum Gasteiger partial charge on any atom is 0.136 e. The Morgan fingerprint density at radius 3 is 2.27 bits per heavy atom. The second-order valence-electron chi connectivity index (χ2n) is 4.39. The molecule has 0 N–H and O–H groups in total. The van der Waals surface area contributed by atoms with E-state index in [4.69, 9.17) is 0 Å². The Morgan fingerprint density at radius 2 is 1.80 bits per heavy atom. The molecule has 1 aliphatic carbocycles. The van der Waals surface area contributed by atoms with Gasteiger partial charge in [0.2, 0.25) is 0 Å². The van der Waals surface area contributed by atoms with Crippen LogP contribution < -0.4 is 0 Å². The molecule has 1 fully saturated rings. The first-order valence-corrected chi connectivity index (χ1v) is 5.55. The molecule has 0 bridgehead atoms. The van der Waals surface area contributed by atoms with Crippen LogP contribution in [0.15, 0.2) is 38.0 Å². The number of rotatable bonds is 6. The Kier molecular flexibility index (Phi) is 4.07. The molecule has 82 valence electrons. The van der Waals surface area contributed by atoms with Crippen molar-refractivity contribution in [3.63, 3.8) is 0 Å². The van der Waals surface area contributed by atoms with Gasteiger partial charge in [-0.25, -0.2) is 0 Å². The lowest BCUT2D eigenvalue weighted by Gasteiger charge is -2.32. The van der Waals surface area contributed by atoms with Crippen molar-refractivity contribution in [2.45, 2.75) is 32.1 Å². The van der Waals surface area contributed by atoms with Gasteiger partial charge >= 0.3 is 0 Å². The van der Waals surface area contributed by atoms with Crippen molar-refractivity contribution < 1.29 is 4.79 Å². The first-order valence-electron chi connectivity index (χ1n) is 5.55. The van der Waals surface area contributed by atoms with E-state index in [0.29, 0.717) is 12.2 Å². The van der Waals surface area contributed by atoms with Crippen LogP contribution in [-0.2, 0) is 4.79 Å². The first kappa shape index (κ1) is 12.0. The van der Waals surface area contributed by atoms with Crippen LogP contribution in [0.3, 0.4) is 0 Å². The second-order valence-corrected chi connectivity index (χ2v) is 4.39. The van der Waals surface area contributed by atoms with Gasteiger partial charge in [0.25, 0.3) is 0 Å². The summed E-state index contributed by atoms with van der Waals surface area (Å²) in [7, 11) is 0. The molecule has 0 aliphatic heterocycles. The number of hydrogen-bond acceptors (Lipinski definition) is 1. The highest BCUT2D eigenvalue weighted by molar-refractivity contribution is 5.84. The summed E-state index contributed by atoms with van der Waals surface area (Å²) < 4.78 is 0. The average molecular weight is 204 g/mol. The van der Waals surface area contributed by atoms with E-state index in [1.165, 1.54) is 0 Å². The molecule has 1 atom stereocenters. The summed E-state index contributed by atoms with van der Waals surface area (Å²) in [5, 5.41) is 0. The minimum absolute atomic E-state index is 0.0781. The third kappa shape index (κ3) is 2.28. The Morgan fingerprint density at radius 1 is 1.20 bits per heavy atom. The lowest BCUT2D eigenvalue weighted by Crippen LogP contribution is -2.27. The quantitative estimate of drug-likeness (QED) is 0.603. The van der Waals surface area contributed by atoms with Crippen LogP contribution in [0.4, 0.5) is 0 Å². The Bertz CT molecular complexity index is 265. The minimum atomic E-state index is 0.0781. The van der Waals surface area contributed by atoms with E-state index < -0.39 is 0 Å². The van der Waals surface area contributed by atoms with Gasteiger partial charge in [-0.3, -0.25) is 4.79 Å². The molecule has 0 spiro atoms. The standard InChI is InChI=1S/C14H20O/c1-4-7-12-13(15)8-11-14(12,9-5-2)10-6-3/h4-6,12H,1-3,7-11H2. The van der Waals surface area contributed by atoms with Gasteiger partial charge < -0.3 is 0 Å². The molecule has 1 aliphatic rings. The normalized spacial score (nSPS) is 23.7. The molecule has 1 rings (SSSR count). The van der Waals surface area contributed by atoms with Crippen molar-refractivity contribution in [1.82, 2.24) is 0 Å². The van der Waals surface area contributed by atoms with E-state index >= 15 is 0 Å². The molecule has 1 saturated carbocycles. The van der Waals surface area contributed by atoms with Crippen LogP contribution in [0.2, 0.25) is 0 Å². The lowest BCUT2D eigenvalue weighted by molar-refractivity contribution is -0.122. The highest BCUT2D eigenvalue weighted by atomic mass is 16.1. The van der Waals surface area contributed by atoms with Crippen LogP contribution in [0.25, 0.3) is 0 Å². The zero-order chi connectivity index (χ0) is 11.3. The van der Waals surface area contributed by atoms with Crippen LogP contribution >= 0.6 is 0 Å². The molecular formula is C14H20O. The molecule has 0 aromatic heterocycles. The van der Waals surface area contributed by atoms with E-state index in [2.05, 4.69) is 19.7 Å². The summed E-state index contributed by atoms with van der Waals surface area (Å²) in [6, 6.07) is 0. The Hall–Kier alpha value is -1.11. The summed E-state index contributed by atoms with van der Waals surface area (Å²) in [5.41, 5.74) is 0.0781. The third-order valence-electron chi connectivity index (χ3n) is 3.50. The van der Waals surface area contributed by atoms with Gasteiger partial charge in [-0.1, -0.05) is 18.2 Å². The summed E-state index contributed by atoms with van der Waals surface area (Å²) in [5.74, 6) is 0.518. The topological polar surface area (TPSA) is 17.1 Å². The van der Waals surface area contributed by atoms with Crippen LogP contribution in [0, 0.1) is 11.3 Å². The Labute approximate surface area is 92.6 Å². The maximum atomic E-state index is 11.8. The van der Waals surface area contributed by atoms with E-state index in [0.717, 1.165) is 25.7 Å². The molecule has 1 nitrogen and oxygen atoms in total. The van der Waals surface area contributed by atoms with Crippen molar-refractivity contribution in [3.8, 4) is 0 Å². The van der Waals surface area contributed by atoms with Crippen molar-refractivity contribution in [3.05, 3.63) is 38.0 Å². The van der Waals surface area contributed by atoms with Gasteiger partial charge in [0.15, 0.2) is 0 Å². The smallest absolute Gasteiger partial charge is 0.136 e. The van der Waals surface area contributed by atoms with Gasteiger partial charge in [0.1, 0.15) is 5.78 Å². The molecule has 1 unspecified atom stereocenters. The summed E-state index contributed by atoms with van der Waals surface area (Å²) >= 11 is 0. The van der Waals surface area contributed by atoms with Crippen molar-refractivity contribution >= 4 is 5.78 Å². The number of Topliss-reactive ketones (excluding diaryl/α,β-unsaturated/α-hetero) is 1. The van der Waals surface area contributed by atoms with Gasteiger partial charge in [-0.2, -0.15) is 0 Å². The fourth-order valence-corrected chi connectivity index (χ4v) is 2.76. The average Bonchev–Trinajstić information content (AvgIpc) is 2.49. The molecule has 0 saturated heterocycles. The van der Waals surface area contributed by atoms with Crippen LogP contribution in [0.1, 0.15) is 32.1 Å². The van der Waals surface area contributed by atoms with Gasteiger partial charge in [0.05, 0.1) is 0 Å². The summed E-state index contributed by atoms with van der Waals surface area (Å²) in [6.07, 6.45) is 10.0. The van der Waals surface area contributed by atoms with E-state index in [9.17, 15) is 4.79 Å². The molecular weight excluding hydrogens is 184 g/mol. The molecule has 0 radical (unpaired) electrons. The molecule has 0 heterocycles. The molecule has 1 heteroatoms. The summed E-state index contributed by atoms with van der Waals surface area (Å²) in [4.78, 5) is 11.8. The first-order chi connectivity index (χ1) is 7.20. The highest BCUT2D eigenvalue weighted by Crippen LogP contribution is 2.48. The predicted octanol–water partition coefficient (Wildman–Crippen LogP) is 3.68. The fourth-order valence-electron chi connectivity index (χ4n) is 2.76. The van der Waals surface area contributed by atoms with E-state index in [1.54, 1.807) is 0 Å². The SMILES string of the molecule is C=CCC1C(=O)CCC1(CC=C)CC=C. The number of allylic oxidation sites excluding steroid dienone is 3. The van der Waals surface area contributed by atoms with E-state index in [-0.39, 0.29) is 11.3 Å². The number of carbonyl (C=O) groups excluding carboxylic acids is 1. The summed E-state index contributed by atoms with van der Waals surface area (Å²) in [6.45, 7) is 11.3. The maximum absolute atomic E-state index is 11.8. The zero-order valence-electron chi connectivity index (χ0n) is 9.37. The number of hydrogen-bond donors (Lipinski definition) is 0. The number of carbonyl (C=O) groups is 1. The Balaban J connectivity index is 2.92. The van der Waals surface area contributed by atoms with Gasteiger partial charge in [-0.15, -0.1) is 19.7 Å². The molecule has 15 heavy (non-hydrogen) atoms. The van der Waals surface area contributed by atoms with Gasteiger partial charge in [-0.05, 0) is 31.1 Å². The second kappa shape index (κ2) is 5.11. The molecule has 0 aromatic rings.